The summed E-state index contributed by atoms with van der Waals surface area (Å²) in [6.45, 7) is 24.9. The minimum absolute atomic E-state index is 0.0203. The lowest BCUT2D eigenvalue weighted by atomic mass is 10.0. The predicted octanol–water partition coefficient (Wildman–Crippen LogP) is 9.91. The third kappa shape index (κ3) is 18.2. The Labute approximate surface area is 424 Å². The summed E-state index contributed by atoms with van der Waals surface area (Å²) in [6, 6.07) is 14.2. The van der Waals surface area contributed by atoms with Gasteiger partial charge in [0.15, 0.2) is 11.4 Å². The molecule has 0 fully saturated rings. The fourth-order valence-electron chi connectivity index (χ4n) is 8.15. The van der Waals surface area contributed by atoms with Crippen LogP contribution in [0.15, 0.2) is 48.5 Å². The van der Waals surface area contributed by atoms with Crippen LogP contribution in [0.2, 0.25) is 0 Å². The highest BCUT2D eigenvalue weighted by atomic mass is 16.5. The molecule has 394 valence electrons. The van der Waals surface area contributed by atoms with Gasteiger partial charge in [-0.1, -0.05) is 94.2 Å². The number of methoxy groups -OCH3 is 4. The van der Waals surface area contributed by atoms with Crippen molar-refractivity contribution in [3.05, 3.63) is 59.9 Å². The molecule has 0 spiro atoms. The Hall–Kier alpha value is -6.06. The predicted molar refractivity (Wildman–Crippen MR) is 282 cm³/mol. The number of carbonyl (C=O) groups excluding carboxylic acids is 4. The number of nitrogens with one attached hydrogen (secondary N) is 4. The summed E-state index contributed by atoms with van der Waals surface area (Å²) in [5, 5.41) is 21.4. The summed E-state index contributed by atoms with van der Waals surface area (Å²) in [7, 11) is 6.44. The smallest absolute Gasteiger partial charge is 0.272 e. The minimum atomic E-state index is -0.299. The van der Waals surface area contributed by atoms with Gasteiger partial charge < -0.3 is 40.2 Å². The number of nitrogens with zero attached hydrogens (tertiary/aromatic N) is 4. The van der Waals surface area contributed by atoms with Crippen LogP contribution in [-0.4, -0.2) is 96.8 Å². The number of carbonyl (C=O) groups is 4. The maximum atomic E-state index is 13.4. The van der Waals surface area contributed by atoms with Gasteiger partial charge in [-0.05, 0) is 92.7 Å². The van der Waals surface area contributed by atoms with Crippen molar-refractivity contribution in [1.29, 1.82) is 0 Å². The van der Waals surface area contributed by atoms with Crippen molar-refractivity contribution in [3.8, 4) is 45.5 Å². The van der Waals surface area contributed by atoms with Gasteiger partial charge in [0.05, 0.1) is 57.0 Å². The lowest BCUT2D eigenvalue weighted by Crippen LogP contribution is -2.40. The second-order valence-corrected chi connectivity index (χ2v) is 19.8. The summed E-state index contributed by atoms with van der Waals surface area (Å²) in [5.41, 5.74) is 3.58. The summed E-state index contributed by atoms with van der Waals surface area (Å²) in [4.78, 5) is 51.6. The van der Waals surface area contributed by atoms with E-state index in [2.05, 4.69) is 103 Å². The van der Waals surface area contributed by atoms with Crippen LogP contribution in [0.5, 0.6) is 23.0 Å². The zero-order valence-electron chi connectivity index (χ0n) is 45.5. The fraction of sp³-hybridized carbons (Fsp3) is 0.600. The summed E-state index contributed by atoms with van der Waals surface area (Å²) < 4.78 is 26.2. The molecule has 0 aliphatic carbocycles. The van der Waals surface area contributed by atoms with Crippen LogP contribution in [0, 0.1) is 23.7 Å². The highest BCUT2D eigenvalue weighted by Gasteiger charge is 2.28. The van der Waals surface area contributed by atoms with Crippen LogP contribution < -0.4 is 40.2 Å². The minimum Gasteiger partial charge on any atom is -0.496 e. The van der Waals surface area contributed by atoms with Crippen molar-refractivity contribution in [2.75, 3.05) is 41.5 Å². The molecule has 16 heteroatoms. The van der Waals surface area contributed by atoms with E-state index in [0.717, 1.165) is 48.2 Å². The second-order valence-electron chi connectivity index (χ2n) is 19.8. The molecule has 4 aromatic rings. The molecular weight excluding hydrogens is 901 g/mol. The number of benzene rings is 2. The average Bonchev–Trinajstić information content (AvgIpc) is 3.95. The molecule has 4 rings (SSSR count). The average molecular weight is 987 g/mol. The van der Waals surface area contributed by atoms with E-state index in [0.29, 0.717) is 84.6 Å². The summed E-state index contributed by atoms with van der Waals surface area (Å²) >= 11 is 0. The zero-order valence-corrected chi connectivity index (χ0v) is 45.5. The van der Waals surface area contributed by atoms with Crippen molar-refractivity contribution in [2.24, 2.45) is 23.7 Å². The van der Waals surface area contributed by atoms with Crippen LogP contribution in [0.25, 0.3) is 22.5 Å². The molecule has 71 heavy (non-hydrogen) atoms. The van der Waals surface area contributed by atoms with Gasteiger partial charge in [0.25, 0.3) is 11.8 Å². The van der Waals surface area contributed by atoms with Crippen molar-refractivity contribution in [2.45, 2.75) is 152 Å². The Bertz CT molecular complexity index is 2240. The van der Waals surface area contributed by atoms with Crippen LogP contribution in [-0.2, 0) is 16.1 Å². The monoisotopic (exact) mass is 987 g/mol. The van der Waals surface area contributed by atoms with E-state index in [9.17, 15) is 19.2 Å². The maximum absolute atomic E-state index is 13.4. The van der Waals surface area contributed by atoms with Crippen molar-refractivity contribution in [3.63, 3.8) is 0 Å². The van der Waals surface area contributed by atoms with E-state index >= 15 is 0 Å². The van der Waals surface area contributed by atoms with Gasteiger partial charge in [-0.25, -0.2) is 0 Å². The molecule has 0 saturated heterocycles. The Kier molecular flexibility index (Phi) is 25.0. The molecule has 2 heterocycles. The van der Waals surface area contributed by atoms with Crippen LogP contribution in [0.3, 0.4) is 0 Å². The SMILES string of the molecule is CCCCNC(=O)C[C@H](CC(C)C)NC(=O)c1cc(-c2c(OC)cccc2OC)n(C(C)C(C)C)n1.CCCCNC(=O)C[C@H](CC(C)C)NC(=O)c1cc(-c2c(OC)cccc2OC)n(CC(C)C)n1. The topological polar surface area (TPSA) is 189 Å². The molecule has 1 unspecified atom stereocenters. The zero-order chi connectivity index (χ0) is 52.8. The number of aromatic nitrogens is 4. The standard InChI is InChI=1S/C28H44N4O4.C27H42N4O4/c1-9-10-14-29-26(33)16-21(15-18(2)3)30-28(34)22-17-23(32(31-22)20(6)19(4)5)27-24(35-7)12-11-13-25(27)36-8;1-8-9-13-28-25(32)15-20(14-18(2)3)29-27(33)21-16-22(31(30-21)17-19(4)5)26-23(34-6)11-10-12-24(26)35-7/h11-13,17-21H,9-10,14-16H2,1-8H3,(H,29,33)(H,30,34);10-12,16,18-20H,8-9,13-15,17H2,1-7H3,(H,28,32)(H,29,33)/t20?,21-;20-/m00/s1. The van der Waals surface area contributed by atoms with Gasteiger partial charge >= 0.3 is 0 Å². The van der Waals surface area contributed by atoms with Gasteiger partial charge in [0.2, 0.25) is 11.8 Å². The lowest BCUT2D eigenvalue weighted by Gasteiger charge is -2.21. The molecule has 0 bridgehead atoms. The molecule has 0 saturated carbocycles. The number of ether oxygens (including phenoxy) is 4. The molecule has 0 radical (unpaired) electrons. The first kappa shape index (κ1) is 59.2. The highest BCUT2D eigenvalue weighted by Crippen LogP contribution is 2.41. The number of hydrogen-bond donors (Lipinski definition) is 4. The van der Waals surface area contributed by atoms with Gasteiger partial charge in [-0.15, -0.1) is 0 Å². The molecule has 4 amide bonds. The quantitative estimate of drug-likeness (QED) is 0.0399. The van der Waals surface area contributed by atoms with Crippen molar-refractivity contribution < 1.29 is 38.1 Å². The molecule has 2 aromatic carbocycles. The fourth-order valence-corrected chi connectivity index (χ4v) is 8.15. The van der Waals surface area contributed by atoms with E-state index in [1.54, 1.807) is 40.6 Å². The van der Waals surface area contributed by atoms with E-state index in [1.807, 2.05) is 45.8 Å². The third-order valence-electron chi connectivity index (χ3n) is 12.0. The number of unbranched alkanes of at least 4 members (excludes halogenated alkanes) is 2. The van der Waals surface area contributed by atoms with E-state index in [4.69, 9.17) is 24.0 Å². The van der Waals surface area contributed by atoms with E-state index < -0.39 is 0 Å². The van der Waals surface area contributed by atoms with E-state index in [-0.39, 0.29) is 60.5 Å². The van der Waals surface area contributed by atoms with Gasteiger partial charge in [-0.3, -0.25) is 28.5 Å². The largest absolute Gasteiger partial charge is 0.496 e. The van der Waals surface area contributed by atoms with Crippen LogP contribution >= 0.6 is 0 Å². The van der Waals surface area contributed by atoms with E-state index in [1.165, 1.54) is 0 Å². The molecule has 4 N–H and O–H groups in total. The first-order chi connectivity index (χ1) is 33.8. The normalized spacial score (nSPS) is 12.5. The Balaban J connectivity index is 0.000000375. The van der Waals surface area contributed by atoms with Gasteiger partial charge in [-0.2, -0.15) is 10.2 Å². The maximum Gasteiger partial charge on any atom is 0.272 e. The van der Waals surface area contributed by atoms with Crippen LogP contribution in [0.1, 0.15) is 155 Å². The molecule has 3 atom stereocenters. The first-order valence-electron chi connectivity index (χ1n) is 25.6. The number of rotatable bonds is 28. The lowest BCUT2D eigenvalue weighted by molar-refractivity contribution is -0.122. The second kappa shape index (κ2) is 30.0. The van der Waals surface area contributed by atoms with Crippen LogP contribution in [0.4, 0.5) is 0 Å². The summed E-state index contributed by atoms with van der Waals surface area (Å²) in [5.74, 6) is 3.11. The third-order valence-corrected chi connectivity index (χ3v) is 12.0. The van der Waals surface area contributed by atoms with Gasteiger partial charge in [0, 0.05) is 44.6 Å². The molecule has 2 aromatic heterocycles. The van der Waals surface area contributed by atoms with Gasteiger partial charge in [0.1, 0.15) is 23.0 Å². The number of hydrogen-bond acceptors (Lipinski definition) is 10. The molecule has 0 aliphatic rings. The Morgan fingerprint density at radius 3 is 1.32 bits per heavy atom. The Morgan fingerprint density at radius 1 is 0.563 bits per heavy atom. The van der Waals surface area contributed by atoms with Crippen molar-refractivity contribution >= 4 is 23.6 Å². The molecular formula is C55H86N8O8. The Morgan fingerprint density at radius 2 is 0.958 bits per heavy atom. The molecule has 0 aliphatic heterocycles. The first-order valence-corrected chi connectivity index (χ1v) is 25.6. The number of amides is 4. The summed E-state index contributed by atoms with van der Waals surface area (Å²) in [6.07, 6.45) is 5.80. The molecule has 16 nitrogen and oxygen atoms in total. The highest BCUT2D eigenvalue weighted by molar-refractivity contribution is 5.95. The van der Waals surface area contributed by atoms with Crippen molar-refractivity contribution in [1.82, 2.24) is 40.8 Å².